The fourth-order valence-corrected chi connectivity index (χ4v) is 4.17. The van der Waals surface area contributed by atoms with Gasteiger partial charge in [-0.15, -0.1) is 0 Å². The molecule has 9 heteroatoms. The molecule has 0 saturated heterocycles. The molecule has 0 aliphatic carbocycles. The van der Waals surface area contributed by atoms with Crippen molar-refractivity contribution in [3.8, 4) is 0 Å². The van der Waals surface area contributed by atoms with E-state index in [9.17, 15) is 16.8 Å². The average Bonchev–Trinajstić information content (AvgIpc) is 2.20. The van der Waals surface area contributed by atoms with Crippen molar-refractivity contribution in [2.24, 2.45) is 5.14 Å². The Hall–Kier alpha value is -0.340. The fourth-order valence-electron chi connectivity index (χ4n) is 1.43. The molecule has 2 N–H and O–H groups in total. The zero-order valence-corrected chi connectivity index (χ0v) is 13.0. The van der Waals surface area contributed by atoms with Gasteiger partial charge in [-0.1, -0.05) is 29.3 Å². The van der Waals surface area contributed by atoms with E-state index in [0.717, 1.165) is 0 Å². The predicted octanol–water partition coefficient (Wildman–Crippen LogP) is 1.59. The van der Waals surface area contributed by atoms with Gasteiger partial charge in [0.15, 0.2) is 9.84 Å². The van der Waals surface area contributed by atoms with Crippen molar-refractivity contribution in [3.05, 3.63) is 33.8 Å². The average molecular weight is 346 g/mol. The summed E-state index contributed by atoms with van der Waals surface area (Å²) < 4.78 is 45.0. The van der Waals surface area contributed by atoms with Gasteiger partial charge < -0.3 is 0 Å². The van der Waals surface area contributed by atoms with Gasteiger partial charge in [-0.05, 0) is 24.1 Å². The van der Waals surface area contributed by atoms with Crippen LogP contribution in [-0.4, -0.2) is 28.3 Å². The molecule has 0 radical (unpaired) electrons. The first-order valence-corrected chi connectivity index (χ1v) is 9.53. The zero-order valence-electron chi connectivity index (χ0n) is 9.84. The number of rotatable bonds is 6. The Morgan fingerprint density at radius 3 is 2.21 bits per heavy atom. The number of halogens is 2. The van der Waals surface area contributed by atoms with E-state index in [4.69, 9.17) is 28.3 Å². The first kappa shape index (κ1) is 16.7. The summed E-state index contributed by atoms with van der Waals surface area (Å²) in [7, 11) is -7.08. The number of sulfone groups is 1. The Labute approximate surface area is 122 Å². The van der Waals surface area contributed by atoms with Crippen molar-refractivity contribution in [2.75, 3.05) is 11.5 Å². The lowest BCUT2D eigenvalue weighted by atomic mass is 10.2. The van der Waals surface area contributed by atoms with Gasteiger partial charge in [0.1, 0.15) is 0 Å². The zero-order chi connectivity index (χ0) is 14.7. The molecular weight excluding hydrogens is 333 g/mol. The van der Waals surface area contributed by atoms with Gasteiger partial charge in [0.05, 0.1) is 17.3 Å². The number of primary sulfonamides is 1. The third kappa shape index (κ3) is 6.58. The SMILES string of the molecule is NS(=O)(=O)CCCS(=O)(=O)Cc1ccc(Cl)cc1Cl. The van der Waals surface area contributed by atoms with Crippen LogP contribution in [0.2, 0.25) is 10.0 Å². The summed E-state index contributed by atoms with van der Waals surface area (Å²) in [6.45, 7) is 0. The van der Waals surface area contributed by atoms with Crippen molar-refractivity contribution < 1.29 is 16.8 Å². The van der Waals surface area contributed by atoms with E-state index in [2.05, 4.69) is 0 Å². The Bertz CT molecular complexity index is 656. The molecule has 108 valence electrons. The van der Waals surface area contributed by atoms with Gasteiger partial charge in [-0.3, -0.25) is 0 Å². The molecular formula is C10H13Cl2NO4S2. The minimum Gasteiger partial charge on any atom is -0.229 e. The van der Waals surface area contributed by atoms with Gasteiger partial charge in [-0.2, -0.15) is 0 Å². The van der Waals surface area contributed by atoms with Gasteiger partial charge in [0, 0.05) is 10.0 Å². The van der Waals surface area contributed by atoms with Crippen molar-refractivity contribution in [3.63, 3.8) is 0 Å². The maximum Gasteiger partial charge on any atom is 0.209 e. The second kappa shape index (κ2) is 6.41. The van der Waals surface area contributed by atoms with Crippen molar-refractivity contribution in [2.45, 2.75) is 12.2 Å². The van der Waals surface area contributed by atoms with Crippen LogP contribution >= 0.6 is 23.2 Å². The number of benzene rings is 1. The van der Waals surface area contributed by atoms with Gasteiger partial charge >= 0.3 is 0 Å². The minimum absolute atomic E-state index is 0.0353. The normalized spacial score (nSPS) is 12.6. The lowest BCUT2D eigenvalue weighted by Crippen LogP contribution is -2.19. The summed E-state index contributed by atoms with van der Waals surface area (Å²) in [5, 5.41) is 5.48. The molecule has 0 atom stereocenters. The molecule has 1 aromatic rings. The quantitative estimate of drug-likeness (QED) is 0.846. The maximum absolute atomic E-state index is 11.8. The standard InChI is InChI=1S/C10H13Cl2NO4S2/c11-9-3-2-8(10(12)6-9)7-18(14,15)4-1-5-19(13,16)17/h2-3,6H,1,4-5,7H2,(H2,13,16,17). The molecule has 1 aromatic carbocycles. The highest BCUT2D eigenvalue weighted by Gasteiger charge is 2.15. The highest BCUT2D eigenvalue weighted by atomic mass is 35.5. The first-order chi connectivity index (χ1) is 8.59. The highest BCUT2D eigenvalue weighted by Crippen LogP contribution is 2.23. The molecule has 1 rings (SSSR count). The van der Waals surface area contributed by atoms with Crippen molar-refractivity contribution in [1.82, 2.24) is 0 Å². The Kier molecular flexibility index (Phi) is 5.64. The number of nitrogens with two attached hydrogens (primary N) is 1. The molecule has 19 heavy (non-hydrogen) atoms. The maximum atomic E-state index is 11.8. The summed E-state index contributed by atoms with van der Waals surface area (Å²) in [4.78, 5) is 0. The summed E-state index contributed by atoms with van der Waals surface area (Å²) >= 11 is 11.6. The van der Waals surface area contributed by atoms with Crippen LogP contribution in [-0.2, 0) is 25.6 Å². The van der Waals surface area contributed by atoms with Crippen LogP contribution in [0, 0.1) is 0 Å². The number of hydrogen-bond acceptors (Lipinski definition) is 4. The van der Waals surface area contributed by atoms with E-state index in [0.29, 0.717) is 10.6 Å². The van der Waals surface area contributed by atoms with E-state index in [1.807, 2.05) is 0 Å². The Morgan fingerprint density at radius 2 is 1.68 bits per heavy atom. The Balaban J connectivity index is 2.69. The van der Waals surface area contributed by atoms with E-state index in [1.54, 1.807) is 6.07 Å². The monoisotopic (exact) mass is 345 g/mol. The van der Waals surface area contributed by atoms with Crippen LogP contribution in [0.15, 0.2) is 18.2 Å². The largest absolute Gasteiger partial charge is 0.229 e. The molecule has 0 aliphatic rings. The topological polar surface area (TPSA) is 94.3 Å². The molecule has 0 aliphatic heterocycles. The molecule has 5 nitrogen and oxygen atoms in total. The van der Waals surface area contributed by atoms with Crippen molar-refractivity contribution in [1.29, 1.82) is 0 Å². The molecule has 0 saturated carbocycles. The van der Waals surface area contributed by atoms with Crippen LogP contribution in [0.5, 0.6) is 0 Å². The summed E-state index contributed by atoms with van der Waals surface area (Å²) in [6, 6.07) is 4.53. The van der Waals surface area contributed by atoms with Crippen LogP contribution in [0.25, 0.3) is 0 Å². The second-order valence-corrected chi connectivity index (χ2v) is 8.81. The number of sulfonamides is 1. The molecule has 0 heterocycles. The summed E-state index contributed by atoms with van der Waals surface area (Å²) in [6.07, 6.45) is -0.0353. The van der Waals surface area contributed by atoms with Gasteiger partial charge in [0.25, 0.3) is 0 Å². The lowest BCUT2D eigenvalue weighted by molar-refractivity contribution is 0.590. The predicted molar refractivity (Wildman–Crippen MR) is 76.5 cm³/mol. The number of hydrogen-bond donors (Lipinski definition) is 1. The van der Waals surface area contributed by atoms with Crippen molar-refractivity contribution >= 4 is 43.1 Å². The van der Waals surface area contributed by atoms with Gasteiger partial charge in [-0.25, -0.2) is 22.0 Å². The van der Waals surface area contributed by atoms with E-state index in [1.165, 1.54) is 12.1 Å². The molecule has 0 spiro atoms. The summed E-state index contributed by atoms with van der Waals surface area (Å²) in [5.41, 5.74) is 0.432. The first-order valence-electron chi connectivity index (χ1n) is 5.24. The van der Waals surface area contributed by atoms with E-state index in [-0.39, 0.29) is 28.7 Å². The van der Waals surface area contributed by atoms with Crippen LogP contribution in [0.1, 0.15) is 12.0 Å². The Morgan fingerprint density at radius 1 is 1.05 bits per heavy atom. The van der Waals surface area contributed by atoms with E-state index >= 15 is 0 Å². The second-order valence-electron chi connectivity index (χ2n) is 4.05. The third-order valence-electron chi connectivity index (χ3n) is 2.27. The minimum atomic E-state index is -3.64. The van der Waals surface area contributed by atoms with E-state index < -0.39 is 19.9 Å². The fraction of sp³-hybridized carbons (Fsp3) is 0.400. The summed E-state index contributed by atoms with van der Waals surface area (Å²) in [5.74, 6) is -0.878. The van der Waals surface area contributed by atoms with Crippen LogP contribution in [0.3, 0.4) is 0 Å². The molecule has 0 aromatic heterocycles. The van der Waals surface area contributed by atoms with Gasteiger partial charge in [0.2, 0.25) is 10.0 Å². The van der Waals surface area contributed by atoms with Crippen LogP contribution < -0.4 is 5.14 Å². The molecule has 0 unspecified atom stereocenters. The third-order valence-corrected chi connectivity index (χ3v) is 5.38. The smallest absolute Gasteiger partial charge is 0.209 e. The molecule has 0 amide bonds. The molecule has 0 fully saturated rings. The highest BCUT2D eigenvalue weighted by molar-refractivity contribution is 7.91. The molecule has 0 bridgehead atoms. The van der Waals surface area contributed by atoms with Crippen LogP contribution in [0.4, 0.5) is 0 Å². The lowest BCUT2D eigenvalue weighted by Gasteiger charge is -2.06.